The second-order valence-corrected chi connectivity index (χ2v) is 6.99. The first-order valence-corrected chi connectivity index (χ1v) is 9.34. The van der Waals surface area contributed by atoms with E-state index in [1.807, 2.05) is 36.4 Å². The summed E-state index contributed by atoms with van der Waals surface area (Å²) < 4.78 is 10.6. The Balaban J connectivity index is 1.78. The fraction of sp³-hybridized carbons (Fsp3) is 0.0952. The fourth-order valence-electron chi connectivity index (χ4n) is 2.88. The number of rotatable bonds is 4. The Kier molecular flexibility index (Phi) is 4.99. The molecule has 0 unspecified atom stereocenters. The lowest BCUT2D eigenvalue weighted by molar-refractivity contribution is 0.265. The van der Waals surface area contributed by atoms with Crippen LogP contribution in [-0.2, 0) is 0 Å². The summed E-state index contributed by atoms with van der Waals surface area (Å²) in [7, 11) is 3.16. The third-order valence-electron chi connectivity index (χ3n) is 4.18. The van der Waals surface area contributed by atoms with Gasteiger partial charge >= 0.3 is 0 Å². The molecule has 2 heterocycles. The van der Waals surface area contributed by atoms with Crippen LogP contribution < -0.4 is 14.8 Å². The summed E-state index contributed by atoms with van der Waals surface area (Å²) in [6.07, 6.45) is 3.68. The number of nitrogens with one attached hydrogen (secondary N) is 1. The third-order valence-corrected chi connectivity index (χ3v) is 5.00. The minimum absolute atomic E-state index is 0.173. The summed E-state index contributed by atoms with van der Waals surface area (Å²) in [4.78, 5) is 21.8. The molecule has 1 amide bonds. The van der Waals surface area contributed by atoms with E-state index in [0.717, 1.165) is 33.1 Å². The Morgan fingerprint density at radius 2 is 1.82 bits per heavy atom. The van der Waals surface area contributed by atoms with Gasteiger partial charge in [0.05, 0.1) is 30.3 Å². The molecule has 28 heavy (non-hydrogen) atoms. The molecule has 1 N–H and O–H groups in total. The smallest absolute Gasteiger partial charge is 0.289 e. The molecule has 0 spiro atoms. The van der Waals surface area contributed by atoms with E-state index in [4.69, 9.17) is 9.47 Å². The Morgan fingerprint density at radius 3 is 2.57 bits per heavy atom. The molecule has 4 rings (SSSR count). The molecule has 2 aromatic carbocycles. The molecule has 0 radical (unpaired) electrons. The van der Waals surface area contributed by atoms with Gasteiger partial charge in [0.25, 0.3) is 5.24 Å². The number of benzene rings is 2. The van der Waals surface area contributed by atoms with E-state index in [1.165, 1.54) is 0 Å². The quantitative estimate of drug-likeness (QED) is 0.693. The molecule has 0 aliphatic carbocycles. The van der Waals surface area contributed by atoms with Crippen LogP contribution in [0.4, 0.5) is 10.5 Å². The molecule has 0 bridgehead atoms. The summed E-state index contributed by atoms with van der Waals surface area (Å²) in [6.45, 7) is 0. The second-order valence-electron chi connectivity index (χ2n) is 5.98. The normalized spacial score (nSPS) is 16.6. The molecule has 6 nitrogen and oxygen atoms in total. The average molecular weight is 391 g/mol. The Morgan fingerprint density at radius 1 is 1.07 bits per heavy atom. The number of aromatic nitrogens is 1. The molecule has 1 aliphatic rings. The maximum atomic E-state index is 12.0. The highest BCUT2D eigenvalue weighted by atomic mass is 32.2. The number of amidine groups is 1. The van der Waals surface area contributed by atoms with Crippen molar-refractivity contribution in [1.29, 1.82) is 0 Å². The summed E-state index contributed by atoms with van der Waals surface area (Å²) in [5, 5.41) is 3.66. The zero-order chi connectivity index (χ0) is 19.5. The highest BCUT2D eigenvalue weighted by molar-refractivity contribution is 8.18. The van der Waals surface area contributed by atoms with Crippen LogP contribution in [0.25, 0.3) is 17.0 Å². The van der Waals surface area contributed by atoms with E-state index in [0.29, 0.717) is 23.0 Å². The van der Waals surface area contributed by atoms with Gasteiger partial charge in [0.2, 0.25) is 0 Å². The Labute approximate surface area is 166 Å². The number of methoxy groups -OCH3 is 2. The van der Waals surface area contributed by atoms with Gasteiger partial charge in [-0.3, -0.25) is 9.78 Å². The molecule has 1 saturated heterocycles. The number of thioether (sulfide) groups is 1. The number of para-hydroxylation sites is 1. The maximum absolute atomic E-state index is 12.0. The van der Waals surface area contributed by atoms with Crippen molar-refractivity contribution >= 4 is 45.5 Å². The predicted octanol–water partition coefficient (Wildman–Crippen LogP) is 4.78. The van der Waals surface area contributed by atoms with Gasteiger partial charge < -0.3 is 14.8 Å². The topological polar surface area (TPSA) is 72.8 Å². The molecular weight excluding hydrogens is 374 g/mol. The molecule has 1 fully saturated rings. The van der Waals surface area contributed by atoms with Crippen molar-refractivity contribution in [3.05, 3.63) is 65.2 Å². The predicted molar refractivity (Wildman–Crippen MR) is 112 cm³/mol. The average Bonchev–Trinajstić information content (AvgIpc) is 3.06. The van der Waals surface area contributed by atoms with Gasteiger partial charge in [0.1, 0.15) is 17.3 Å². The zero-order valence-electron chi connectivity index (χ0n) is 15.3. The Bertz CT molecular complexity index is 1100. The van der Waals surface area contributed by atoms with Crippen molar-refractivity contribution in [1.82, 2.24) is 10.3 Å². The molecular formula is C21H17N3O3S. The van der Waals surface area contributed by atoms with Crippen LogP contribution in [0.2, 0.25) is 0 Å². The summed E-state index contributed by atoms with van der Waals surface area (Å²) in [6, 6.07) is 15.2. The lowest BCUT2D eigenvalue weighted by Gasteiger charge is -2.07. The third kappa shape index (κ3) is 3.70. The van der Waals surface area contributed by atoms with Crippen LogP contribution >= 0.6 is 11.8 Å². The van der Waals surface area contributed by atoms with Crippen molar-refractivity contribution < 1.29 is 14.3 Å². The van der Waals surface area contributed by atoms with Crippen LogP contribution in [0.1, 0.15) is 5.56 Å². The first-order chi connectivity index (χ1) is 13.7. The van der Waals surface area contributed by atoms with Crippen LogP contribution in [0.5, 0.6) is 11.5 Å². The maximum Gasteiger partial charge on any atom is 0.289 e. The van der Waals surface area contributed by atoms with Crippen LogP contribution in [0.3, 0.4) is 0 Å². The van der Waals surface area contributed by atoms with Crippen LogP contribution in [0, 0.1) is 0 Å². The molecule has 0 atom stereocenters. The first kappa shape index (κ1) is 18.1. The number of fused-ring (bicyclic) bond motifs is 1. The molecule has 1 aliphatic heterocycles. The van der Waals surface area contributed by atoms with Crippen molar-refractivity contribution in [2.24, 2.45) is 4.99 Å². The number of pyridine rings is 1. The van der Waals surface area contributed by atoms with Gasteiger partial charge in [-0.25, -0.2) is 4.99 Å². The lowest BCUT2D eigenvalue weighted by Crippen LogP contribution is -2.18. The van der Waals surface area contributed by atoms with Gasteiger partial charge in [0, 0.05) is 35.3 Å². The lowest BCUT2D eigenvalue weighted by atomic mass is 10.1. The number of carbonyl (C=O) groups is 1. The van der Waals surface area contributed by atoms with E-state index in [9.17, 15) is 4.79 Å². The van der Waals surface area contributed by atoms with E-state index >= 15 is 0 Å². The minimum Gasteiger partial charge on any atom is -0.497 e. The molecule has 7 heteroatoms. The standard InChI is InChI=1S/C21H17N3O3S/c1-26-16-10-15(11-17(12-16)27-2)23-20-18(28-21(25)24-20)9-14-6-3-5-13-7-4-8-22-19(13)14/h3-12H,1-2H3,(H,23,24,25)/b18-9-. The number of carbonyl (C=O) groups excluding carboxylic acids is 1. The van der Waals surface area contributed by atoms with Crippen LogP contribution in [-0.4, -0.2) is 30.3 Å². The molecule has 3 aromatic rings. The Hall–Kier alpha value is -3.32. The van der Waals surface area contributed by atoms with E-state index in [-0.39, 0.29) is 5.24 Å². The molecule has 140 valence electrons. The summed E-state index contributed by atoms with van der Waals surface area (Å²) >= 11 is 1.11. The van der Waals surface area contributed by atoms with Gasteiger partial charge in [-0.15, -0.1) is 0 Å². The first-order valence-electron chi connectivity index (χ1n) is 8.52. The van der Waals surface area contributed by atoms with E-state index in [1.54, 1.807) is 38.6 Å². The fourth-order valence-corrected chi connectivity index (χ4v) is 3.61. The SMILES string of the molecule is COc1cc(N=C2NC(=O)S/C2=C\c2cccc3cccnc23)cc(OC)c1. The monoisotopic (exact) mass is 391 g/mol. The van der Waals surface area contributed by atoms with E-state index in [2.05, 4.69) is 15.3 Å². The number of ether oxygens (including phenoxy) is 2. The van der Waals surface area contributed by atoms with Gasteiger partial charge in [-0.1, -0.05) is 24.3 Å². The van der Waals surface area contributed by atoms with Crippen molar-refractivity contribution in [2.45, 2.75) is 0 Å². The van der Waals surface area contributed by atoms with E-state index < -0.39 is 0 Å². The number of aliphatic imine (C=N–C) groups is 1. The largest absolute Gasteiger partial charge is 0.497 e. The highest BCUT2D eigenvalue weighted by Gasteiger charge is 2.24. The van der Waals surface area contributed by atoms with Crippen molar-refractivity contribution in [3.8, 4) is 11.5 Å². The number of nitrogens with zero attached hydrogens (tertiary/aromatic N) is 2. The van der Waals surface area contributed by atoms with Gasteiger partial charge in [-0.2, -0.15) is 0 Å². The second kappa shape index (κ2) is 7.74. The number of amides is 1. The van der Waals surface area contributed by atoms with Gasteiger partial charge in [-0.05, 0) is 23.9 Å². The summed E-state index contributed by atoms with van der Waals surface area (Å²) in [5.41, 5.74) is 2.42. The molecule has 0 saturated carbocycles. The zero-order valence-corrected chi connectivity index (χ0v) is 16.1. The highest BCUT2D eigenvalue weighted by Crippen LogP contribution is 2.32. The van der Waals surface area contributed by atoms with Crippen molar-refractivity contribution in [2.75, 3.05) is 14.2 Å². The van der Waals surface area contributed by atoms with Crippen LogP contribution in [0.15, 0.2) is 64.6 Å². The molecule has 1 aromatic heterocycles. The number of hydrogen-bond acceptors (Lipinski definition) is 6. The van der Waals surface area contributed by atoms with Crippen molar-refractivity contribution in [3.63, 3.8) is 0 Å². The van der Waals surface area contributed by atoms with Gasteiger partial charge in [0.15, 0.2) is 0 Å². The summed E-state index contributed by atoms with van der Waals surface area (Å²) in [5.74, 6) is 1.73. The minimum atomic E-state index is -0.173. The number of hydrogen-bond donors (Lipinski definition) is 1.